The Morgan fingerprint density at radius 2 is 1.76 bits per heavy atom. The topological polar surface area (TPSA) is 29.1 Å². The van der Waals surface area contributed by atoms with E-state index in [0.717, 1.165) is 18.5 Å². The van der Waals surface area contributed by atoms with Gasteiger partial charge in [0.15, 0.2) is 0 Å². The number of para-hydroxylation sites is 1. The van der Waals surface area contributed by atoms with Crippen LogP contribution in [0, 0.1) is 6.92 Å². The number of nitrogens with one attached hydrogen (secondary N) is 1. The van der Waals surface area contributed by atoms with Crippen molar-refractivity contribution in [3.8, 4) is 0 Å². The van der Waals surface area contributed by atoms with E-state index >= 15 is 0 Å². The summed E-state index contributed by atoms with van der Waals surface area (Å²) in [7, 11) is 0. The molecule has 2 aromatic rings. The minimum atomic E-state index is 0.713. The summed E-state index contributed by atoms with van der Waals surface area (Å²) in [5.41, 5.74) is 4.26. The number of benzene rings is 2. The molecule has 2 heteroatoms. The van der Waals surface area contributed by atoms with Crippen LogP contribution in [0.1, 0.15) is 21.5 Å². The van der Waals surface area contributed by atoms with Crippen LogP contribution >= 0.6 is 0 Å². The molecule has 0 radical (unpaired) electrons. The highest BCUT2D eigenvalue weighted by Gasteiger charge is 1.97. The molecule has 86 valence electrons. The molecule has 0 saturated heterocycles. The Hall–Kier alpha value is -2.09. The van der Waals surface area contributed by atoms with Crippen LogP contribution in [0.25, 0.3) is 0 Å². The van der Waals surface area contributed by atoms with E-state index in [9.17, 15) is 4.79 Å². The first-order valence-electron chi connectivity index (χ1n) is 5.63. The van der Waals surface area contributed by atoms with E-state index in [1.165, 1.54) is 11.1 Å². The fourth-order valence-corrected chi connectivity index (χ4v) is 1.68. The molecule has 0 aliphatic rings. The highest BCUT2D eigenvalue weighted by molar-refractivity contribution is 5.74. The Labute approximate surface area is 101 Å². The molecule has 17 heavy (non-hydrogen) atoms. The van der Waals surface area contributed by atoms with Crippen LogP contribution in [0.5, 0.6) is 0 Å². The summed E-state index contributed by atoms with van der Waals surface area (Å²) in [6, 6.07) is 15.8. The van der Waals surface area contributed by atoms with Crippen LogP contribution in [0.3, 0.4) is 0 Å². The van der Waals surface area contributed by atoms with Crippen molar-refractivity contribution in [2.45, 2.75) is 13.5 Å². The zero-order chi connectivity index (χ0) is 12.1. The van der Waals surface area contributed by atoms with Gasteiger partial charge in [0.2, 0.25) is 0 Å². The second kappa shape index (κ2) is 5.30. The Bertz CT molecular complexity index is 503. The largest absolute Gasteiger partial charge is 0.381 e. The van der Waals surface area contributed by atoms with Gasteiger partial charge in [0, 0.05) is 17.8 Å². The molecule has 0 heterocycles. The van der Waals surface area contributed by atoms with Gasteiger partial charge >= 0.3 is 0 Å². The van der Waals surface area contributed by atoms with E-state index in [2.05, 4.69) is 24.4 Å². The van der Waals surface area contributed by atoms with Crippen LogP contribution in [-0.2, 0) is 6.54 Å². The Kier molecular flexibility index (Phi) is 3.55. The van der Waals surface area contributed by atoms with E-state index in [0.29, 0.717) is 5.56 Å². The van der Waals surface area contributed by atoms with Gasteiger partial charge in [0.25, 0.3) is 0 Å². The summed E-state index contributed by atoms with van der Waals surface area (Å²) in [5.74, 6) is 0. The minimum absolute atomic E-state index is 0.713. The van der Waals surface area contributed by atoms with Crippen molar-refractivity contribution in [3.05, 3.63) is 65.2 Å². The van der Waals surface area contributed by atoms with Crippen LogP contribution < -0.4 is 5.32 Å². The van der Waals surface area contributed by atoms with Crippen molar-refractivity contribution in [3.63, 3.8) is 0 Å². The van der Waals surface area contributed by atoms with Gasteiger partial charge in [-0.2, -0.15) is 0 Å². The Balaban J connectivity index is 2.02. The molecule has 2 rings (SSSR count). The lowest BCUT2D eigenvalue weighted by atomic mass is 10.1. The van der Waals surface area contributed by atoms with Gasteiger partial charge < -0.3 is 5.32 Å². The maximum atomic E-state index is 10.5. The summed E-state index contributed by atoms with van der Waals surface area (Å²) in [4.78, 5) is 10.5. The maximum absolute atomic E-state index is 10.5. The molecule has 0 fully saturated rings. The van der Waals surface area contributed by atoms with Crippen molar-refractivity contribution >= 4 is 12.0 Å². The van der Waals surface area contributed by atoms with E-state index in [1.54, 1.807) is 0 Å². The highest BCUT2D eigenvalue weighted by Crippen LogP contribution is 2.14. The van der Waals surface area contributed by atoms with Gasteiger partial charge in [-0.25, -0.2) is 0 Å². The first-order valence-corrected chi connectivity index (χ1v) is 5.63. The zero-order valence-electron chi connectivity index (χ0n) is 9.81. The van der Waals surface area contributed by atoms with Gasteiger partial charge in [-0.1, -0.05) is 42.5 Å². The van der Waals surface area contributed by atoms with Crippen molar-refractivity contribution < 1.29 is 4.79 Å². The fraction of sp³-hybridized carbons (Fsp3) is 0.133. The normalized spacial score (nSPS) is 9.94. The number of hydrogen-bond donors (Lipinski definition) is 1. The zero-order valence-corrected chi connectivity index (χ0v) is 9.81. The molecule has 1 N–H and O–H groups in total. The number of carbonyl (C=O) groups excluding carboxylic acids is 1. The van der Waals surface area contributed by atoms with Crippen LogP contribution in [0.15, 0.2) is 48.5 Å². The highest BCUT2D eigenvalue weighted by atomic mass is 16.1. The third-order valence-corrected chi connectivity index (χ3v) is 2.74. The van der Waals surface area contributed by atoms with Crippen LogP contribution in [0.2, 0.25) is 0 Å². The van der Waals surface area contributed by atoms with Gasteiger partial charge in [0.1, 0.15) is 6.29 Å². The predicted molar refractivity (Wildman–Crippen MR) is 70.3 cm³/mol. The molecule has 0 spiro atoms. The van der Waals surface area contributed by atoms with Crippen molar-refractivity contribution in [2.24, 2.45) is 0 Å². The maximum Gasteiger partial charge on any atom is 0.150 e. The number of aryl methyl sites for hydroxylation is 1. The summed E-state index contributed by atoms with van der Waals surface area (Å²) in [6.07, 6.45) is 0.860. The molecule has 0 atom stereocenters. The average Bonchev–Trinajstić information content (AvgIpc) is 2.38. The lowest BCUT2D eigenvalue weighted by Crippen LogP contribution is -2.00. The molecule has 0 bridgehead atoms. The van der Waals surface area contributed by atoms with E-state index in [1.807, 2.05) is 36.4 Å². The molecular weight excluding hydrogens is 210 g/mol. The average molecular weight is 225 g/mol. The molecule has 0 unspecified atom stereocenters. The van der Waals surface area contributed by atoms with Crippen LogP contribution in [0.4, 0.5) is 5.69 Å². The Morgan fingerprint density at radius 3 is 2.41 bits per heavy atom. The molecule has 0 aliphatic heterocycles. The summed E-state index contributed by atoms with van der Waals surface area (Å²) >= 11 is 0. The molecular formula is C15H15NO. The smallest absolute Gasteiger partial charge is 0.150 e. The minimum Gasteiger partial charge on any atom is -0.381 e. The van der Waals surface area contributed by atoms with E-state index in [4.69, 9.17) is 0 Å². The summed E-state index contributed by atoms with van der Waals surface area (Å²) < 4.78 is 0. The molecule has 2 nitrogen and oxygen atoms in total. The third-order valence-electron chi connectivity index (χ3n) is 2.74. The standard InChI is InChI=1S/C15H15NO/c1-12-4-2-3-5-15(12)16-10-13-6-8-14(11-17)9-7-13/h2-9,11,16H,10H2,1H3. The van der Waals surface area contributed by atoms with Gasteiger partial charge in [0.05, 0.1) is 0 Å². The molecule has 2 aromatic carbocycles. The van der Waals surface area contributed by atoms with E-state index in [-0.39, 0.29) is 0 Å². The summed E-state index contributed by atoms with van der Waals surface area (Å²) in [5, 5.41) is 3.38. The lowest BCUT2D eigenvalue weighted by Gasteiger charge is -2.09. The molecule has 0 amide bonds. The van der Waals surface area contributed by atoms with Crippen molar-refractivity contribution in [1.82, 2.24) is 0 Å². The molecule has 0 aromatic heterocycles. The lowest BCUT2D eigenvalue weighted by molar-refractivity contribution is 0.112. The first kappa shape index (κ1) is 11.4. The Morgan fingerprint density at radius 1 is 1.06 bits per heavy atom. The van der Waals surface area contributed by atoms with Gasteiger partial charge in [-0.15, -0.1) is 0 Å². The fourth-order valence-electron chi connectivity index (χ4n) is 1.68. The number of carbonyl (C=O) groups is 1. The monoisotopic (exact) mass is 225 g/mol. The van der Waals surface area contributed by atoms with Gasteiger partial charge in [-0.3, -0.25) is 4.79 Å². The summed E-state index contributed by atoms with van der Waals surface area (Å²) in [6.45, 7) is 2.85. The quantitative estimate of drug-likeness (QED) is 0.808. The van der Waals surface area contributed by atoms with Crippen LogP contribution in [-0.4, -0.2) is 6.29 Å². The van der Waals surface area contributed by atoms with Crippen molar-refractivity contribution in [1.29, 1.82) is 0 Å². The number of rotatable bonds is 4. The number of aldehydes is 1. The number of hydrogen-bond acceptors (Lipinski definition) is 2. The predicted octanol–water partition coefficient (Wildman–Crippen LogP) is 3.42. The first-order chi connectivity index (χ1) is 8.29. The van der Waals surface area contributed by atoms with Crippen molar-refractivity contribution in [2.75, 3.05) is 5.32 Å². The van der Waals surface area contributed by atoms with Gasteiger partial charge in [-0.05, 0) is 24.1 Å². The third kappa shape index (κ3) is 2.94. The number of anilines is 1. The van der Waals surface area contributed by atoms with E-state index < -0.39 is 0 Å². The molecule has 0 saturated carbocycles. The second-order valence-corrected chi connectivity index (χ2v) is 4.03. The molecule has 0 aliphatic carbocycles. The second-order valence-electron chi connectivity index (χ2n) is 4.03. The SMILES string of the molecule is Cc1ccccc1NCc1ccc(C=O)cc1.